The van der Waals surface area contributed by atoms with Gasteiger partial charge in [0.25, 0.3) is 10.0 Å². The molecule has 0 fully saturated rings. The van der Waals surface area contributed by atoms with Crippen LogP contribution in [0.15, 0.2) is 23.1 Å². The smallest absolute Gasteiger partial charge is 0.335 e. The van der Waals surface area contributed by atoms with Gasteiger partial charge in [-0.2, -0.15) is 0 Å². The van der Waals surface area contributed by atoms with Crippen LogP contribution in [-0.4, -0.2) is 34.3 Å². The number of carboxylic acid groups (broad SMARTS) is 1. The molecule has 0 aliphatic carbocycles. The van der Waals surface area contributed by atoms with Gasteiger partial charge in [0, 0.05) is 11.5 Å². The standard InChI is InChI=1S/C8H7N5O4S2/c9-5-3-4(7(14)15)1-2-6(5)19(16,17)11-8-10-12-13-18-8/h1-3H,9H2,(H,14,15)(H,10,11,13). The van der Waals surface area contributed by atoms with Crippen molar-refractivity contribution in [1.82, 2.24) is 14.8 Å². The number of hydrogen-bond donors (Lipinski definition) is 3. The van der Waals surface area contributed by atoms with Crippen LogP contribution in [0.3, 0.4) is 0 Å². The molecule has 1 aromatic carbocycles. The Morgan fingerprint density at radius 1 is 1.42 bits per heavy atom. The molecule has 0 spiro atoms. The van der Waals surface area contributed by atoms with Crippen molar-refractivity contribution in [3.63, 3.8) is 0 Å². The van der Waals surface area contributed by atoms with E-state index in [1.54, 1.807) is 0 Å². The topological polar surface area (TPSA) is 148 Å². The van der Waals surface area contributed by atoms with Gasteiger partial charge in [0.2, 0.25) is 5.13 Å². The molecule has 4 N–H and O–H groups in total. The minimum absolute atomic E-state index is 0.0123. The molecule has 0 bridgehead atoms. The first-order valence-corrected chi connectivity index (χ1v) is 6.96. The lowest BCUT2D eigenvalue weighted by Crippen LogP contribution is -2.15. The highest BCUT2D eigenvalue weighted by molar-refractivity contribution is 7.93. The summed E-state index contributed by atoms with van der Waals surface area (Å²) in [6.07, 6.45) is 0. The Morgan fingerprint density at radius 3 is 2.68 bits per heavy atom. The van der Waals surface area contributed by atoms with Gasteiger partial charge in [0.05, 0.1) is 11.3 Å². The average Bonchev–Trinajstić information content (AvgIpc) is 2.80. The fourth-order valence-corrected chi connectivity index (χ4v) is 2.97. The number of carboxylic acids is 1. The second kappa shape index (κ2) is 4.78. The van der Waals surface area contributed by atoms with Gasteiger partial charge in [-0.1, -0.05) is 9.59 Å². The lowest BCUT2D eigenvalue weighted by Gasteiger charge is -2.07. The van der Waals surface area contributed by atoms with Gasteiger partial charge in [-0.15, -0.1) is 0 Å². The molecule has 0 atom stereocenters. The first-order valence-electron chi connectivity index (χ1n) is 4.71. The summed E-state index contributed by atoms with van der Waals surface area (Å²) in [6, 6.07) is 3.32. The second-order valence-corrected chi connectivity index (χ2v) is 5.71. The predicted molar refractivity (Wildman–Crippen MR) is 66.3 cm³/mol. The van der Waals surface area contributed by atoms with E-state index in [1.807, 2.05) is 0 Å². The van der Waals surface area contributed by atoms with Gasteiger partial charge in [0.1, 0.15) is 4.90 Å². The Bertz CT molecular complexity index is 713. The van der Waals surface area contributed by atoms with Crippen LogP contribution in [0.25, 0.3) is 0 Å². The monoisotopic (exact) mass is 301 g/mol. The third kappa shape index (κ3) is 2.77. The molecule has 2 rings (SSSR count). The number of nitrogens with one attached hydrogen (secondary N) is 1. The molecule has 2 aromatic rings. The molecule has 19 heavy (non-hydrogen) atoms. The van der Waals surface area contributed by atoms with E-state index in [1.165, 1.54) is 0 Å². The second-order valence-electron chi connectivity index (χ2n) is 3.33. The summed E-state index contributed by atoms with van der Waals surface area (Å²) in [7, 11) is -3.96. The third-order valence-electron chi connectivity index (χ3n) is 2.07. The van der Waals surface area contributed by atoms with Gasteiger partial charge in [-0.3, -0.25) is 4.72 Å². The molecule has 0 aliphatic heterocycles. The third-order valence-corrected chi connectivity index (χ3v) is 4.12. The number of benzene rings is 1. The first-order chi connectivity index (χ1) is 8.90. The van der Waals surface area contributed by atoms with Crippen LogP contribution in [-0.2, 0) is 10.0 Å². The van der Waals surface area contributed by atoms with E-state index in [-0.39, 0.29) is 21.3 Å². The van der Waals surface area contributed by atoms with Crippen LogP contribution < -0.4 is 10.5 Å². The highest BCUT2D eigenvalue weighted by Crippen LogP contribution is 2.22. The van der Waals surface area contributed by atoms with Crippen molar-refractivity contribution in [1.29, 1.82) is 0 Å². The predicted octanol–water partition coefficient (Wildman–Crippen LogP) is 0.0143. The zero-order valence-electron chi connectivity index (χ0n) is 9.14. The Hall–Kier alpha value is -2.27. The number of hydrogen-bond acceptors (Lipinski definition) is 8. The molecule has 0 aliphatic rings. The largest absolute Gasteiger partial charge is 0.478 e. The highest BCUT2D eigenvalue weighted by atomic mass is 32.2. The van der Waals surface area contributed by atoms with E-state index >= 15 is 0 Å². The molecule has 0 radical (unpaired) electrons. The van der Waals surface area contributed by atoms with E-state index < -0.39 is 16.0 Å². The number of rotatable bonds is 4. The zero-order chi connectivity index (χ0) is 14.0. The van der Waals surface area contributed by atoms with Gasteiger partial charge in [-0.25, -0.2) is 13.2 Å². The summed E-state index contributed by atoms with van der Waals surface area (Å²) >= 11 is 0.761. The fourth-order valence-electron chi connectivity index (χ4n) is 1.27. The minimum Gasteiger partial charge on any atom is -0.478 e. The molecule has 100 valence electrons. The summed E-state index contributed by atoms with van der Waals surface area (Å²) in [6.45, 7) is 0. The SMILES string of the molecule is Nc1cc(C(=O)O)ccc1S(=O)(=O)Nc1nnns1. The van der Waals surface area contributed by atoms with Gasteiger partial charge >= 0.3 is 5.97 Å². The normalized spacial score (nSPS) is 11.2. The van der Waals surface area contributed by atoms with Crippen molar-refractivity contribution >= 4 is 38.3 Å². The molecular weight excluding hydrogens is 294 g/mol. The van der Waals surface area contributed by atoms with E-state index in [0.29, 0.717) is 0 Å². The Balaban J connectivity index is 2.38. The van der Waals surface area contributed by atoms with Gasteiger partial charge in [0.15, 0.2) is 0 Å². The van der Waals surface area contributed by atoms with Crippen molar-refractivity contribution in [2.45, 2.75) is 4.90 Å². The Morgan fingerprint density at radius 2 is 2.16 bits per heavy atom. The van der Waals surface area contributed by atoms with E-state index in [2.05, 4.69) is 19.5 Å². The molecule has 0 unspecified atom stereocenters. The molecule has 0 amide bonds. The number of nitrogens with two attached hydrogens (primary N) is 1. The summed E-state index contributed by atoms with van der Waals surface area (Å²) in [4.78, 5) is 10.5. The van der Waals surface area contributed by atoms with Crippen molar-refractivity contribution < 1.29 is 18.3 Å². The maximum Gasteiger partial charge on any atom is 0.335 e. The van der Waals surface area contributed by atoms with Crippen molar-refractivity contribution in [2.75, 3.05) is 10.5 Å². The Labute approximate surface area is 111 Å². The number of carbonyl (C=O) groups is 1. The fraction of sp³-hybridized carbons (Fsp3) is 0. The molecule has 11 heteroatoms. The van der Waals surface area contributed by atoms with Crippen LogP contribution in [0.2, 0.25) is 0 Å². The summed E-state index contributed by atoms with van der Waals surface area (Å²) in [5, 5.41) is 15.4. The summed E-state index contributed by atoms with van der Waals surface area (Å²) < 4.78 is 29.5. The maximum absolute atomic E-state index is 12.0. The molecule has 1 aromatic heterocycles. The number of nitrogen functional groups attached to an aromatic ring is 1. The Kier molecular flexibility index (Phi) is 3.31. The molecule has 1 heterocycles. The lowest BCUT2D eigenvalue weighted by molar-refractivity contribution is 0.0697. The van der Waals surface area contributed by atoms with Crippen molar-refractivity contribution in [3.05, 3.63) is 23.8 Å². The summed E-state index contributed by atoms with van der Waals surface area (Å²) in [5.41, 5.74) is 5.26. The van der Waals surface area contributed by atoms with Crippen molar-refractivity contribution in [2.24, 2.45) is 0 Å². The molecule has 0 saturated carbocycles. The minimum atomic E-state index is -3.96. The lowest BCUT2D eigenvalue weighted by atomic mass is 10.2. The number of anilines is 2. The molecular formula is C8H7N5O4S2. The van der Waals surface area contributed by atoms with Crippen LogP contribution in [0.1, 0.15) is 10.4 Å². The van der Waals surface area contributed by atoms with Crippen LogP contribution in [0, 0.1) is 0 Å². The van der Waals surface area contributed by atoms with E-state index in [9.17, 15) is 13.2 Å². The van der Waals surface area contributed by atoms with Crippen LogP contribution >= 0.6 is 11.5 Å². The average molecular weight is 301 g/mol. The maximum atomic E-state index is 12.0. The quantitative estimate of drug-likeness (QED) is 0.669. The van der Waals surface area contributed by atoms with Crippen LogP contribution in [0.5, 0.6) is 0 Å². The number of aromatic carboxylic acids is 1. The van der Waals surface area contributed by atoms with Crippen molar-refractivity contribution in [3.8, 4) is 0 Å². The van der Waals surface area contributed by atoms with Gasteiger partial charge in [-0.05, 0) is 23.4 Å². The summed E-state index contributed by atoms with van der Waals surface area (Å²) in [5.74, 6) is -1.20. The van der Waals surface area contributed by atoms with E-state index in [0.717, 1.165) is 29.7 Å². The van der Waals surface area contributed by atoms with E-state index in [4.69, 9.17) is 10.8 Å². The van der Waals surface area contributed by atoms with Crippen LogP contribution in [0.4, 0.5) is 10.8 Å². The van der Waals surface area contributed by atoms with Gasteiger partial charge < -0.3 is 10.8 Å². The zero-order valence-corrected chi connectivity index (χ0v) is 10.8. The molecule has 9 nitrogen and oxygen atoms in total. The first kappa shape index (κ1) is 13.2. The molecule has 0 saturated heterocycles. The number of nitrogens with zero attached hydrogens (tertiary/aromatic N) is 3. The highest BCUT2D eigenvalue weighted by Gasteiger charge is 2.20. The number of sulfonamides is 1. The number of aromatic nitrogens is 3.